The van der Waals surface area contributed by atoms with E-state index in [2.05, 4.69) is 24.3 Å². The van der Waals surface area contributed by atoms with Crippen LogP contribution < -0.4 is 0 Å². The van der Waals surface area contributed by atoms with Gasteiger partial charge in [0.2, 0.25) is 0 Å². The number of rotatable bonds is 0. The Hall–Kier alpha value is -1.90. The van der Waals surface area contributed by atoms with Crippen LogP contribution in [0.5, 0.6) is 0 Å². The first-order valence-corrected chi connectivity index (χ1v) is 9.26. The van der Waals surface area contributed by atoms with Crippen LogP contribution in [0.1, 0.15) is 51.4 Å². The number of Topliss-reactive ketones (excluding diaryl/α,β-unsaturated/α-hetero) is 1. The molecule has 0 spiro atoms. The number of hydrogen-bond acceptors (Lipinski definition) is 3. The molecular formula is C21H24O3. The standard InChI is InChI=1S/C21H24O3/c22-20-8-3-1-2-4-11-24-21(23)13-18-16-10-9-14-6-5-7-15(14)17(16)12-19(18)20/h6,9-10,12,15,17H,1-5,7-8,11,13H2. The summed E-state index contributed by atoms with van der Waals surface area (Å²) >= 11 is 0. The lowest BCUT2D eigenvalue weighted by Gasteiger charge is -2.25. The molecule has 0 saturated carbocycles. The number of esters is 1. The third kappa shape index (κ3) is 2.81. The molecule has 0 aromatic heterocycles. The third-order valence-corrected chi connectivity index (χ3v) is 5.74. The normalized spacial score (nSPS) is 30.5. The van der Waals surface area contributed by atoms with Crippen LogP contribution in [0, 0.1) is 11.8 Å². The highest BCUT2D eigenvalue weighted by Crippen LogP contribution is 2.48. The van der Waals surface area contributed by atoms with Crippen LogP contribution in [0.4, 0.5) is 0 Å². The molecule has 0 aromatic carbocycles. The average molecular weight is 324 g/mol. The molecule has 126 valence electrons. The highest BCUT2D eigenvalue weighted by atomic mass is 16.5. The molecule has 1 aliphatic heterocycles. The van der Waals surface area contributed by atoms with Crippen molar-refractivity contribution < 1.29 is 14.3 Å². The van der Waals surface area contributed by atoms with Gasteiger partial charge in [-0.05, 0) is 48.3 Å². The van der Waals surface area contributed by atoms with Gasteiger partial charge in [-0.25, -0.2) is 0 Å². The smallest absolute Gasteiger partial charge is 0.310 e. The summed E-state index contributed by atoms with van der Waals surface area (Å²) in [5.41, 5.74) is 4.30. The van der Waals surface area contributed by atoms with Gasteiger partial charge in [0.15, 0.2) is 5.78 Å². The minimum Gasteiger partial charge on any atom is -0.465 e. The minimum atomic E-state index is -0.196. The number of cyclic esters (lactones) is 1. The first kappa shape index (κ1) is 15.6. The molecule has 1 heterocycles. The molecule has 0 aromatic rings. The predicted octanol–water partition coefficient (Wildman–Crippen LogP) is 4.21. The lowest BCUT2D eigenvalue weighted by Crippen LogP contribution is -2.16. The van der Waals surface area contributed by atoms with Crippen molar-refractivity contribution in [3.63, 3.8) is 0 Å². The maximum absolute atomic E-state index is 12.8. The number of allylic oxidation sites excluding steroid dienone is 7. The summed E-state index contributed by atoms with van der Waals surface area (Å²) in [5.74, 6) is 0.767. The van der Waals surface area contributed by atoms with Gasteiger partial charge in [-0.3, -0.25) is 9.59 Å². The second-order valence-electron chi connectivity index (χ2n) is 7.25. The molecule has 0 amide bonds. The van der Waals surface area contributed by atoms with Gasteiger partial charge in [-0.15, -0.1) is 0 Å². The number of carbonyl (C=O) groups is 2. The fourth-order valence-electron chi connectivity index (χ4n) is 4.50. The van der Waals surface area contributed by atoms with E-state index in [9.17, 15) is 9.59 Å². The first-order chi connectivity index (χ1) is 11.7. The Bertz CT molecular complexity index is 690. The summed E-state index contributed by atoms with van der Waals surface area (Å²) in [6.07, 6.45) is 15.7. The third-order valence-electron chi connectivity index (χ3n) is 5.74. The van der Waals surface area contributed by atoms with Crippen molar-refractivity contribution in [1.29, 1.82) is 0 Å². The quantitative estimate of drug-likeness (QED) is 0.627. The van der Waals surface area contributed by atoms with Crippen molar-refractivity contribution in [2.75, 3.05) is 6.61 Å². The monoisotopic (exact) mass is 324 g/mol. The van der Waals surface area contributed by atoms with Crippen LogP contribution in [-0.4, -0.2) is 18.4 Å². The zero-order valence-corrected chi connectivity index (χ0v) is 14.1. The summed E-state index contributed by atoms with van der Waals surface area (Å²) in [4.78, 5) is 25.0. The van der Waals surface area contributed by atoms with E-state index in [1.165, 1.54) is 11.1 Å². The number of ether oxygens (including phenoxy) is 1. The van der Waals surface area contributed by atoms with E-state index in [-0.39, 0.29) is 24.1 Å². The van der Waals surface area contributed by atoms with Crippen LogP contribution in [0.3, 0.4) is 0 Å². The molecule has 4 rings (SSSR count). The SMILES string of the molecule is O=C1CC2=C3C=CC4=CCCC4C3C=C2C(=O)CCCCCCO1. The average Bonchev–Trinajstić information content (AvgIpc) is 3.17. The molecule has 1 saturated heterocycles. The number of fused-ring (bicyclic) bond motifs is 4. The molecule has 0 radical (unpaired) electrons. The van der Waals surface area contributed by atoms with E-state index in [0.29, 0.717) is 18.9 Å². The van der Waals surface area contributed by atoms with Crippen LogP contribution >= 0.6 is 0 Å². The fraction of sp³-hybridized carbons (Fsp3) is 0.524. The molecule has 0 bridgehead atoms. The second-order valence-corrected chi connectivity index (χ2v) is 7.25. The maximum Gasteiger partial charge on any atom is 0.310 e. The van der Waals surface area contributed by atoms with Crippen molar-refractivity contribution in [1.82, 2.24) is 0 Å². The van der Waals surface area contributed by atoms with Gasteiger partial charge in [0.1, 0.15) is 0 Å². The van der Waals surface area contributed by atoms with Crippen LogP contribution in [0.2, 0.25) is 0 Å². The van der Waals surface area contributed by atoms with E-state index in [4.69, 9.17) is 4.74 Å². The van der Waals surface area contributed by atoms with Gasteiger partial charge in [-0.2, -0.15) is 0 Å². The lowest BCUT2D eigenvalue weighted by atomic mass is 9.78. The Labute approximate surface area is 143 Å². The second kappa shape index (κ2) is 6.54. The van der Waals surface area contributed by atoms with E-state index in [1.807, 2.05) is 0 Å². The molecule has 3 heteroatoms. The van der Waals surface area contributed by atoms with Gasteiger partial charge < -0.3 is 4.74 Å². The Morgan fingerprint density at radius 2 is 1.92 bits per heavy atom. The molecule has 0 N–H and O–H groups in total. The summed E-state index contributed by atoms with van der Waals surface area (Å²) in [5, 5.41) is 0. The molecular weight excluding hydrogens is 300 g/mol. The highest BCUT2D eigenvalue weighted by molar-refractivity contribution is 6.02. The highest BCUT2D eigenvalue weighted by Gasteiger charge is 2.38. The fourth-order valence-corrected chi connectivity index (χ4v) is 4.50. The zero-order valence-electron chi connectivity index (χ0n) is 14.1. The van der Waals surface area contributed by atoms with Crippen molar-refractivity contribution in [2.24, 2.45) is 11.8 Å². The van der Waals surface area contributed by atoms with Gasteiger partial charge in [0, 0.05) is 17.9 Å². The molecule has 4 aliphatic rings. The Balaban J connectivity index is 1.69. The predicted molar refractivity (Wildman–Crippen MR) is 92.2 cm³/mol. The molecule has 1 fully saturated rings. The molecule has 2 unspecified atom stereocenters. The molecule has 24 heavy (non-hydrogen) atoms. The maximum atomic E-state index is 12.8. The first-order valence-electron chi connectivity index (χ1n) is 9.26. The largest absolute Gasteiger partial charge is 0.465 e. The van der Waals surface area contributed by atoms with Gasteiger partial charge in [0.05, 0.1) is 13.0 Å². The topological polar surface area (TPSA) is 43.4 Å². The molecule has 3 nitrogen and oxygen atoms in total. The van der Waals surface area contributed by atoms with Gasteiger partial charge in [0.25, 0.3) is 0 Å². The number of ketones is 1. The van der Waals surface area contributed by atoms with Crippen LogP contribution in [0.25, 0.3) is 0 Å². The van der Waals surface area contributed by atoms with E-state index in [0.717, 1.165) is 49.7 Å². The Kier molecular flexibility index (Phi) is 4.26. The van der Waals surface area contributed by atoms with Crippen molar-refractivity contribution in [2.45, 2.75) is 51.4 Å². The number of hydrogen-bond donors (Lipinski definition) is 0. The van der Waals surface area contributed by atoms with Gasteiger partial charge in [-0.1, -0.05) is 37.1 Å². The Morgan fingerprint density at radius 1 is 1.04 bits per heavy atom. The van der Waals surface area contributed by atoms with E-state index in [1.54, 1.807) is 0 Å². The van der Waals surface area contributed by atoms with Crippen molar-refractivity contribution in [3.8, 4) is 0 Å². The lowest BCUT2D eigenvalue weighted by molar-refractivity contribution is -0.142. The van der Waals surface area contributed by atoms with Crippen molar-refractivity contribution in [3.05, 3.63) is 46.6 Å². The molecule has 3 aliphatic carbocycles. The van der Waals surface area contributed by atoms with Crippen LogP contribution in [0.15, 0.2) is 46.6 Å². The summed E-state index contributed by atoms with van der Waals surface area (Å²) in [6.45, 7) is 0.503. The Morgan fingerprint density at radius 3 is 2.83 bits per heavy atom. The minimum absolute atomic E-state index is 0.196. The summed E-state index contributed by atoms with van der Waals surface area (Å²) in [6, 6.07) is 0. The van der Waals surface area contributed by atoms with E-state index >= 15 is 0 Å². The zero-order chi connectivity index (χ0) is 16.5. The van der Waals surface area contributed by atoms with Crippen LogP contribution in [-0.2, 0) is 14.3 Å². The van der Waals surface area contributed by atoms with Crippen molar-refractivity contribution >= 4 is 11.8 Å². The summed E-state index contributed by atoms with van der Waals surface area (Å²) in [7, 11) is 0. The van der Waals surface area contributed by atoms with Gasteiger partial charge >= 0.3 is 5.97 Å². The summed E-state index contributed by atoms with van der Waals surface area (Å²) < 4.78 is 5.38. The molecule has 2 atom stereocenters. The number of carbonyl (C=O) groups excluding carboxylic acids is 2. The van der Waals surface area contributed by atoms with E-state index < -0.39 is 0 Å².